The molecule has 1 aromatic carbocycles. The number of ether oxygens (including phenoxy) is 1. The van der Waals surface area contributed by atoms with Crippen molar-refractivity contribution in [2.75, 3.05) is 7.11 Å². The maximum Gasteiger partial charge on any atom is 0.201 e. The third kappa shape index (κ3) is 3.92. The van der Waals surface area contributed by atoms with E-state index < -0.39 is 0 Å². The van der Waals surface area contributed by atoms with Crippen LogP contribution in [0.15, 0.2) is 29.4 Å². The highest BCUT2D eigenvalue weighted by Crippen LogP contribution is 2.09. The predicted octanol–water partition coefficient (Wildman–Crippen LogP) is 0.367. The van der Waals surface area contributed by atoms with Crippen LogP contribution in [0.3, 0.4) is 0 Å². The van der Waals surface area contributed by atoms with Gasteiger partial charge in [-0.05, 0) is 42.0 Å². The van der Waals surface area contributed by atoms with E-state index in [0.29, 0.717) is 0 Å². The van der Waals surface area contributed by atoms with Crippen molar-refractivity contribution in [1.82, 2.24) is 10.9 Å². The molecule has 0 bridgehead atoms. The molecule has 0 unspecified atom stereocenters. The van der Waals surface area contributed by atoms with Gasteiger partial charge in [0.2, 0.25) is 5.11 Å². The smallest absolute Gasteiger partial charge is 0.201 e. The molecule has 5 nitrogen and oxygen atoms in total. The molecule has 0 radical (unpaired) electrons. The van der Waals surface area contributed by atoms with E-state index in [9.17, 15) is 0 Å². The lowest BCUT2D eigenvalue weighted by Crippen LogP contribution is -2.37. The Morgan fingerprint density at radius 3 is 2.67 bits per heavy atom. The average molecular weight is 224 g/mol. The molecule has 0 aliphatic rings. The fourth-order valence-electron chi connectivity index (χ4n) is 0.888. The number of thiocarbonyl (C=S) groups is 1. The first-order chi connectivity index (χ1) is 7.26. The van der Waals surface area contributed by atoms with Crippen molar-refractivity contribution >= 4 is 23.5 Å². The topological polar surface area (TPSA) is 71.7 Å². The number of hydrazine groups is 1. The normalized spacial score (nSPS) is 10.0. The average Bonchev–Trinajstić information content (AvgIpc) is 2.29. The minimum absolute atomic E-state index is 0.264. The second-order valence-corrected chi connectivity index (χ2v) is 3.02. The van der Waals surface area contributed by atoms with Gasteiger partial charge in [-0.3, -0.25) is 10.9 Å². The fourth-order valence-corrected chi connectivity index (χ4v) is 0.940. The summed E-state index contributed by atoms with van der Waals surface area (Å²) in [7, 11) is 1.62. The Morgan fingerprint density at radius 1 is 1.47 bits per heavy atom. The molecule has 0 amide bonds. The van der Waals surface area contributed by atoms with E-state index in [1.807, 2.05) is 24.3 Å². The summed E-state index contributed by atoms with van der Waals surface area (Å²) in [5.41, 5.74) is 5.73. The van der Waals surface area contributed by atoms with Gasteiger partial charge in [0.25, 0.3) is 0 Å². The van der Waals surface area contributed by atoms with Crippen LogP contribution in [-0.4, -0.2) is 18.4 Å². The summed E-state index contributed by atoms with van der Waals surface area (Å²) in [5, 5.41) is 4.13. The van der Waals surface area contributed by atoms with Gasteiger partial charge in [0.15, 0.2) is 0 Å². The molecule has 0 heterocycles. The molecule has 0 atom stereocenters. The molecule has 6 heteroatoms. The van der Waals surface area contributed by atoms with E-state index in [-0.39, 0.29) is 5.11 Å². The van der Waals surface area contributed by atoms with Crippen molar-refractivity contribution in [3.8, 4) is 5.75 Å². The van der Waals surface area contributed by atoms with E-state index in [4.69, 9.17) is 22.8 Å². The number of hydrazone groups is 1. The van der Waals surface area contributed by atoms with E-state index >= 15 is 0 Å². The Bertz CT molecular complexity index is 350. The molecular weight excluding hydrogens is 212 g/mol. The lowest BCUT2D eigenvalue weighted by Gasteiger charge is -2.00. The predicted molar refractivity (Wildman–Crippen MR) is 63.6 cm³/mol. The number of methoxy groups -OCH3 is 1. The minimum Gasteiger partial charge on any atom is -0.497 e. The first-order valence-electron chi connectivity index (χ1n) is 4.20. The van der Waals surface area contributed by atoms with Gasteiger partial charge in [-0.15, -0.1) is 0 Å². The van der Waals surface area contributed by atoms with Crippen LogP contribution >= 0.6 is 12.2 Å². The molecule has 0 aliphatic heterocycles. The van der Waals surface area contributed by atoms with Crippen LogP contribution in [0.4, 0.5) is 0 Å². The summed E-state index contributed by atoms with van der Waals surface area (Å²) in [4.78, 5) is 0. The fraction of sp³-hybridized carbons (Fsp3) is 0.111. The van der Waals surface area contributed by atoms with Crippen LogP contribution in [-0.2, 0) is 0 Å². The molecule has 0 aliphatic carbocycles. The number of benzene rings is 1. The zero-order valence-corrected chi connectivity index (χ0v) is 9.04. The molecule has 0 aromatic heterocycles. The SMILES string of the molecule is COc1ccc(/C=N/NC(=S)NN)cc1. The van der Waals surface area contributed by atoms with Crippen molar-refractivity contribution in [2.45, 2.75) is 0 Å². The summed E-state index contributed by atoms with van der Waals surface area (Å²) >= 11 is 4.73. The van der Waals surface area contributed by atoms with Gasteiger partial charge in [0.05, 0.1) is 13.3 Å². The van der Waals surface area contributed by atoms with Gasteiger partial charge in [-0.25, -0.2) is 5.84 Å². The summed E-state index contributed by atoms with van der Waals surface area (Å²) < 4.78 is 5.02. The maximum atomic E-state index is 5.05. The molecule has 0 saturated carbocycles. The zero-order valence-electron chi connectivity index (χ0n) is 8.23. The number of hydrogen-bond donors (Lipinski definition) is 3. The Balaban J connectivity index is 2.53. The Morgan fingerprint density at radius 2 is 2.13 bits per heavy atom. The van der Waals surface area contributed by atoms with E-state index in [2.05, 4.69) is 16.0 Å². The second-order valence-electron chi connectivity index (χ2n) is 2.62. The van der Waals surface area contributed by atoms with Crippen molar-refractivity contribution in [3.05, 3.63) is 29.8 Å². The van der Waals surface area contributed by atoms with Crippen molar-refractivity contribution in [2.24, 2.45) is 10.9 Å². The van der Waals surface area contributed by atoms with Crippen LogP contribution < -0.4 is 21.4 Å². The molecule has 4 N–H and O–H groups in total. The summed E-state index contributed by atoms with van der Waals surface area (Å²) in [6.45, 7) is 0. The standard InChI is InChI=1S/C9H12N4OS/c1-14-8-4-2-7(3-5-8)6-11-13-9(15)12-10/h2-6H,10H2,1H3,(H2,12,13,15)/b11-6+. The van der Waals surface area contributed by atoms with E-state index in [1.54, 1.807) is 13.3 Å². The van der Waals surface area contributed by atoms with Gasteiger partial charge in [0.1, 0.15) is 5.75 Å². The summed E-state index contributed by atoms with van der Waals surface area (Å²) in [6, 6.07) is 7.45. The summed E-state index contributed by atoms with van der Waals surface area (Å²) in [5.74, 6) is 5.85. The van der Waals surface area contributed by atoms with Crippen LogP contribution in [0.25, 0.3) is 0 Å². The minimum atomic E-state index is 0.264. The number of nitrogens with two attached hydrogens (primary N) is 1. The van der Waals surface area contributed by atoms with Crippen LogP contribution in [0.1, 0.15) is 5.56 Å². The third-order valence-electron chi connectivity index (χ3n) is 1.63. The third-order valence-corrected chi connectivity index (χ3v) is 1.84. The van der Waals surface area contributed by atoms with E-state index in [1.165, 1.54) is 0 Å². The molecule has 0 saturated heterocycles. The molecule has 1 rings (SSSR count). The highest BCUT2D eigenvalue weighted by molar-refractivity contribution is 7.80. The summed E-state index contributed by atoms with van der Waals surface area (Å²) in [6.07, 6.45) is 1.63. The Kier molecular flexibility index (Phi) is 4.52. The lowest BCUT2D eigenvalue weighted by atomic mass is 10.2. The van der Waals surface area contributed by atoms with Crippen molar-refractivity contribution < 1.29 is 4.74 Å². The zero-order chi connectivity index (χ0) is 11.1. The van der Waals surface area contributed by atoms with Crippen LogP contribution in [0.5, 0.6) is 5.75 Å². The van der Waals surface area contributed by atoms with Crippen LogP contribution in [0, 0.1) is 0 Å². The quantitative estimate of drug-likeness (QED) is 0.299. The number of rotatable bonds is 3. The van der Waals surface area contributed by atoms with Crippen LogP contribution in [0.2, 0.25) is 0 Å². The first-order valence-corrected chi connectivity index (χ1v) is 4.61. The molecule has 0 fully saturated rings. The molecule has 80 valence electrons. The first kappa shape index (κ1) is 11.4. The lowest BCUT2D eigenvalue weighted by molar-refractivity contribution is 0.415. The highest BCUT2D eigenvalue weighted by Gasteiger charge is 1.90. The van der Waals surface area contributed by atoms with Gasteiger partial charge in [-0.1, -0.05) is 0 Å². The number of nitrogens with zero attached hydrogens (tertiary/aromatic N) is 1. The van der Waals surface area contributed by atoms with Gasteiger partial charge < -0.3 is 4.74 Å². The largest absolute Gasteiger partial charge is 0.497 e. The molecular formula is C9H12N4OS. The Hall–Kier alpha value is -1.66. The van der Waals surface area contributed by atoms with Crippen molar-refractivity contribution in [3.63, 3.8) is 0 Å². The van der Waals surface area contributed by atoms with Gasteiger partial charge >= 0.3 is 0 Å². The second kappa shape index (κ2) is 5.94. The van der Waals surface area contributed by atoms with Gasteiger partial charge in [-0.2, -0.15) is 5.10 Å². The number of nitrogens with one attached hydrogen (secondary N) is 2. The van der Waals surface area contributed by atoms with Crippen molar-refractivity contribution in [1.29, 1.82) is 0 Å². The monoisotopic (exact) mass is 224 g/mol. The maximum absolute atomic E-state index is 5.05. The highest BCUT2D eigenvalue weighted by atomic mass is 32.1. The molecule has 1 aromatic rings. The molecule has 0 spiro atoms. The van der Waals surface area contributed by atoms with Gasteiger partial charge in [0, 0.05) is 0 Å². The Labute approximate surface area is 93.3 Å². The van der Waals surface area contributed by atoms with E-state index in [0.717, 1.165) is 11.3 Å². The molecule has 15 heavy (non-hydrogen) atoms. The number of hydrogen-bond acceptors (Lipinski definition) is 4.